The van der Waals surface area contributed by atoms with E-state index in [4.69, 9.17) is 15.7 Å². The molecule has 1 unspecified atom stereocenters. The largest absolute Gasteiger partial charge is 0.354 e. The molecule has 5 nitrogen and oxygen atoms in total. The molecule has 0 aliphatic heterocycles. The van der Waals surface area contributed by atoms with Gasteiger partial charge >= 0.3 is 0 Å². The van der Waals surface area contributed by atoms with Crippen molar-refractivity contribution in [1.29, 1.82) is 0 Å². The lowest BCUT2D eigenvalue weighted by Crippen LogP contribution is -2.12. The molecule has 2 heterocycles. The first-order chi connectivity index (χ1) is 24.7. The van der Waals surface area contributed by atoms with Gasteiger partial charge in [-0.2, -0.15) is 0 Å². The minimum absolute atomic E-state index is 0.576. The summed E-state index contributed by atoms with van der Waals surface area (Å²) in [4.78, 5) is 13.6. The Morgan fingerprint density at radius 1 is 0.560 bits per heavy atom. The van der Waals surface area contributed by atoms with E-state index in [2.05, 4.69) is 113 Å². The Morgan fingerprint density at radius 3 is 2.04 bits per heavy atom. The minimum atomic E-state index is -0.672. The maximum atomic E-state index is 7.04. The highest BCUT2D eigenvalue weighted by Gasteiger charge is 2.18. The molecular weight excluding hydrogens is 611 g/mol. The van der Waals surface area contributed by atoms with Crippen LogP contribution in [-0.2, 0) is 0 Å². The number of aromatic nitrogens is 2. The molecule has 0 fully saturated rings. The van der Waals surface area contributed by atoms with Crippen molar-refractivity contribution in [3.05, 3.63) is 187 Å². The van der Waals surface area contributed by atoms with Crippen molar-refractivity contribution < 1.29 is 0 Å². The van der Waals surface area contributed by atoms with Gasteiger partial charge in [0.1, 0.15) is 6.17 Å². The number of rotatable bonds is 6. The van der Waals surface area contributed by atoms with Crippen molar-refractivity contribution in [1.82, 2.24) is 9.55 Å². The van der Waals surface area contributed by atoms with Gasteiger partial charge in [0.25, 0.3) is 0 Å². The molecule has 0 saturated carbocycles. The average Bonchev–Trinajstić information content (AvgIpc) is 3.71. The first-order valence-corrected chi connectivity index (χ1v) is 16.8. The molecule has 238 valence electrons. The third kappa shape index (κ3) is 5.36. The number of hydrogen-bond acceptors (Lipinski definition) is 2. The minimum Gasteiger partial charge on any atom is -0.354 e. The van der Waals surface area contributed by atoms with Crippen LogP contribution in [0.5, 0.6) is 0 Å². The molecule has 0 saturated heterocycles. The number of aromatic amines is 1. The smallest absolute Gasteiger partial charge is 0.156 e. The Hall–Kier alpha value is -6.56. The van der Waals surface area contributed by atoms with Crippen LogP contribution in [0.3, 0.4) is 0 Å². The highest BCUT2D eigenvalue weighted by Crippen LogP contribution is 2.38. The summed E-state index contributed by atoms with van der Waals surface area (Å²) in [5.74, 6) is 0.576. The van der Waals surface area contributed by atoms with Crippen LogP contribution in [-0.4, -0.2) is 21.6 Å². The fraction of sp³-hybridized carbons (Fsp3) is 0.0222. The molecule has 9 aromatic rings. The van der Waals surface area contributed by atoms with E-state index in [0.29, 0.717) is 5.84 Å². The quantitative estimate of drug-likeness (QED) is 0.137. The van der Waals surface area contributed by atoms with Crippen LogP contribution in [0.2, 0.25) is 0 Å². The van der Waals surface area contributed by atoms with Crippen LogP contribution in [0, 0.1) is 0 Å². The SMILES string of the molecule is NC(/N=C(\N=C\c1ccccc1)c1ccccc1)c1cc(-c2ccccc2)cc(-n2c3ccccc3c3cc4c(cc32)[nH]c2ccccc24)c1. The van der Waals surface area contributed by atoms with Crippen LogP contribution in [0.1, 0.15) is 22.9 Å². The summed E-state index contributed by atoms with van der Waals surface area (Å²) >= 11 is 0. The molecule has 0 aliphatic rings. The van der Waals surface area contributed by atoms with Gasteiger partial charge in [-0.05, 0) is 64.7 Å². The van der Waals surface area contributed by atoms with Crippen molar-refractivity contribution in [3.8, 4) is 16.8 Å². The van der Waals surface area contributed by atoms with E-state index >= 15 is 0 Å². The molecular formula is C45H33N5. The zero-order valence-electron chi connectivity index (χ0n) is 27.2. The number of nitrogens with two attached hydrogens (primary N) is 1. The van der Waals surface area contributed by atoms with Crippen LogP contribution < -0.4 is 5.73 Å². The molecule has 7 aromatic carbocycles. The van der Waals surface area contributed by atoms with Gasteiger partial charge in [-0.25, -0.2) is 9.98 Å². The lowest BCUT2D eigenvalue weighted by molar-refractivity contribution is 0.774. The number of amidine groups is 1. The van der Waals surface area contributed by atoms with Gasteiger partial charge in [-0.3, -0.25) is 0 Å². The first-order valence-electron chi connectivity index (χ1n) is 16.8. The summed E-state index contributed by atoms with van der Waals surface area (Å²) in [5.41, 5.74) is 17.5. The Bertz CT molecular complexity index is 2700. The Morgan fingerprint density at radius 2 is 1.24 bits per heavy atom. The van der Waals surface area contributed by atoms with E-state index in [-0.39, 0.29) is 0 Å². The van der Waals surface area contributed by atoms with Crippen LogP contribution in [0.4, 0.5) is 0 Å². The number of para-hydroxylation sites is 2. The molecule has 50 heavy (non-hydrogen) atoms. The molecule has 0 aliphatic carbocycles. The van der Waals surface area contributed by atoms with Gasteiger partial charge in [0.15, 0.2) is 5.84 Å². The standard InChI is InChI=1S/C45H33N5/c46-44(49-45(32-18-8-3-9-19-32)47-29-30-14-4-1-5-15-30)34-24-33(31-16-6-2-7-17-31)25-35(26-34)50-42-23-13-11-21-37(42)39-27-38-36-20-10-12-22-40(36)48-41(38)28-43(39)50/h1-29,44,48H,46H2/b47-29+,49-45-. The summed E-state index contributed by atoms with van der Waals surface area (Å²) in [5, 5.41) is 4.84. The van der Waals surface area contributed by atoms with Crippen molar-refractivity contribution in [2.24, 2.45) is 15.7 Å². The predicted molar refractivity (Wildman–Crippen MR) is 210 cm³/mol. The summed E-state index contributed by atoms with van der Waals surface area (Å²) in [6.45, 7) is 0. The second-order valence-corrected chi connectivity index (χ2v) is 12.5. The van der Waals surface area contributed by atoms with Crippen molar-refractivity contribution >= 4 is 55.7 Å². The van der Waals surface area contributed by atoms with Crippen molar-refractivity contribution in [2.45, 2.75) is 6.17 Å². The molecule has 0 bridgehead atoms. The summed E-state index contributed by atoms with van der Waals surface area (Å²) in [6.07, 6.45) is 1.17. The number of nitrogens with one attached hydrogen (secondary N) is 1. The fourth-order valence-corrected chi connectivity index (χ4v) is 6.97. The summed E-state index contributed by atoms with van der Waals surface area (Å²) in [7, 11) is 0. The Kier molecular flexibility index (Phi) is 7.38. The summed E-state index contributed by atoms with van der Waals surface area (Å²) in [6, 6.07) is 58.8. The third-order valence-corrected chi connectivity index (χ3v) is 9.37. The molecule has 5 heteroatoms. The monoisotopic (exact) mass is 643 g/mol. The van der Waals surface area contributed by atoms with E-state index in [1.54, 1.807) is 0 Å². The van der Waals surface area contributed by atoms with Gasteiger partial charge in [0.2, 0.25) is 0 Å². The molecule has 0 amide bonds. The first kappa shape index (κ1) is 29.6. The van der Waals surface area contributed by atoms with Gasteiger partial charge in [-0.15, -0.1) is 0 Å². The number of nitrogens with zero attached hydrogens (tertiary/aromatic N) is 3. The van der Waals surface area contributed by atoms with E-state index in [0.717, 1.165) is 55.6 Å². The second kappa shape index (κ2) is 12.5. The number of fused-ring (bicyclic) bond motifs is 6. The topological polar surface area (TPSA) is 71.5 Å². The summed E-state index contributed by atoms with van der Waals surface area (Å²) < 4.78 is 2.35. The fourth-order valence-electron chi connectivity index (χ4n) is 6.97. The van der Waals surface area contributed by atoms with Gasteiger partial charge in [-0.1, -0.05) is 127 Å². The zero-order chi connectivity index (χ0) is 33.4. The highest BCUT2D eigenvalue weighted by atomic mass is 15.0. The van der Waals surface area contributed by atoms with Crippen molar-refractivity contribution in [2.75, 3.05) is 0 Å². The normalized spacial score (nSPS) is 12.9. The second-order valence-electron chi connectivity index (χ2n) is 12.5. The van der Waals surface area contributed by atoms with Crippen LogP contribution in [0.25, 0.3) is 60.4 Å². The van der Waals surface area contributed by atoms with E-state index in [1.165, 1.54) is 21.5 Å². The Labute approximate surface area is 289 Å². The maximum Gasteiger partial charge on any atom is 0.156 e. The van der Waals surface area contributed by atoms with Crippen LogP contribution in [0.15, 0.2) is 180 Å². The molecule has 2 aromatic heterocycles. The predicted octanol–water partition coefficient (Wildman–Crippen LogP) is 10.6. The third-order valence-electron chi connectivity index (χ3n) is 9.37. The number of aliphatic imine (C=N–C) groups is 2. The lowest BCUT2D eigenvalue weighted by atomic mass is 10.0. The Balaban J connectivity index is 1.25. The lowest BCUT2D eigenvalue weighted by Gasteiger charge is -2.16. The van der Waals surface area contributed by atoms with Crippen LogP contribution >= 0.6 is 0 Å². The number of H-pyrrole nitrogens is 1. The molecule has 0 radical (unpaired) electrons. The number of benzene rings is 7. The van der Waals surface area contributed by atoms with Crippen molar-refractivity contribution in [3.63, 3.8) is 0 Å². The van der Waals surface area contributed by atoms with E-state index in [9.17, 15) is 0 Å². The highest BCUT2D eigenvalue weighted by molar-refractivity contribution is 6.18. The molecule has 1 atom stereocenters. The van der Waals surface area contributed by atoms with Gasteiger partial charge < -0.3 is 15.3 Å². The maximum absolute atomic E-state index is 7.04. The van der Waals surface area contributed by atoms with E-state index < -0.39 is 6.17 Å². The van der Waals surface area contributed by atoms with E-state index in [1.807, 2.05) is 72.9 Å². The molecule has 9 rings (SSSR count). The zero-order valence-corrected chi connectivity index (χ0v) is 27.2. The average molecular weight is 644 g/mol. The van der Waals surface area contributed by atoms with Gasteiger partial charge in [0.05, 0.1) is 11.0 Å². The van der Waals surface area contributed by atoms with Gasteiger partial charge in [0, 0.05) is 50.0 Å². The number of hydrogen-bond donors (Lipinski definition) is 2. The molecule has 3 N–H and O–H groups in total. The molecule has 0 spiro atoms.